The Morgan fingerprint density at radius 3 is 2.33 bits per heavy atom. The van der Waals surface area contributed by atoms with Crippen molar-refractivity contribution in [3.8, 4) is 12.3 Å². The summed E-state index contributed by atoms with van der Waals surface area (Å²) >= 11 is 0. The molecule has 0 saturated carbocycles. The summed E-state index contributed by atoms with van der Waals surface area (Å²) in [6.45, 7) is 5.72. The van der Waals surface area contributed by atoms with Crippen molar-refractivity contribution in [3.63, 3.8) is 0 Å². The van der Waals surface area contributed by atoms with E-state index in [2.05, 4.69) is 10.9 Å². The molecule has 0 aliphatic rings. The minimum atomic E-state index is 0.858. The summed E-state index contributed by atoms with van der Waals surface area (Å²) in [5.74, 6) is 2.47. The number of hydrogen-bond donors (Lipinski definition) is 0. The average Bonchev–Trinajstić information content (AvgIpc) is 1.83. The van der Waals surface area contributed by atoms with Crippen LogP contribution in [0.4, 0.5) is 0 Å². The van der Waals surface area contributed by atoms with Gasteiger partial charge >= 0.3 is 0 Å². The molecule has 0 aromatic rings. The van der Waals surface area contributed by atoms with Gasteiger partial charge in [0.25, 0.3) is 0 Å². The normalized spacial score (nSPS) is 10.2. The molecule has 9 heavy (non-hydrogen) atoms. The van der Waals surface area contributed by atoms with Gasteiger partial charge in [-0.25, -0.2) is 0 Å². The van der Waals surface area contributed by atoms with E-state index in [1.54, 1.807) is 6.20 Å². The van der Waals surface area contributed by atoms with Gasteiger partial charge in [0.15, 0.2) is 0 Å². The largest absolute Gasteiger partial charge is 0.265 e. The molecule has 0 spiro atoms. The highest BCUT2D eigenvalue weighted by Gasteiger charge is 1.76. The van der Waals surface area contributed by atoms with Gasteiger partial charge in [-0.05, 0) is 20.8 Å². The third kappa shape index (κ3) is 4.83. The molecule has 0 saturated heterocycles. The van der Waals surface area contributed by atoms with Crippen LogP contribution < -0.4 is 0 Å². The van der Waals surface area contributed by atoms with Crippen molar-refractivity contribution in [1.82, 2.24) is 0 Å². The zero-order valence-corrected chi connectivity index (χ0v) is 6.10. The van der Waals surface area contributed by atoms with Gasteiger partial charge in [-0.2, -0.15) is 0 Å². The van der Waals surface area contributed by atoms with Crippen LogP contribution in [0.5, 0.6) is 0 Å². The second kappa shape index (κ2) is 3.91. The smallest absolute Gasteiger partial charge is 0.0379 e. The first kappa shape index (κ1) is 7.97. The van der Waals surface area contributed by atoms with Crippen molar-refractivity contribution < 1.29 is 0 Å². The van der Waals surface area contributed by atoms with E-state index in [1.165, 1.54) is 0 Å². The van der Waals surface area contributed by atoms with Crippen LogP contribution in [0, 0.1) is 12.3 Å². The van der Waals surface area contributed by atoms with E-state index >= 15 is 0 Å². The van der Waals surface area contributed by atoms with Crippen LogP contribution >= 0.6 is 0 Å². The lowest BCUT2D eigenvalue weighted by molar-refractivity contribution is 1.43. The fourth-order valence-corrected chi connectivity index (χ4v) is 0.263. The second-order valence-electron chi connectivity index (χ2n) is 2.03. The monoisotopic (exact) mass is 121 g/mol. The topological polar surface area (TPSA) is 12.4 Å². The standard InChI is InChI=1S/C8H11N/c1-5-8(4)6-9-7(2)3/h1,6H,2-4H3/b8-6-. The lowest BCUT2D eigenvalue weighted by Gasteiger charge is -1.83. The Labute approximate surface area is 56.5 Å². The van der Waals surface area contributed by atoms with Crippen LogP contribution in [0.1, 0.15) is 20.8 Å². The quantitative estimate of drug-likeness (QED) is 0.371. The van der Waals surface area contributed by atoms with Crippen LogP contribution in [0.3, 0.4) is 0 Å². The molecule has 0 heterocycles. The van der Waals surface area contributed by atoms with Gasteiger partial charge in [-0.3, -0.25) is 4.99 Å². The Morgan fingerprint density at radius 1 is 1.44 bits per heavy atom. The molecule has 0 aromatic carbocycles. The molecule has 0 unspecified atom stereocenters. The highest BCUT2D eigenvalue weighted by Crippen LogP contribution is 1.88. The molecule has 0 aromatic heterocycles. The molecule has 0 atom stereocenters. The molecule has 0 radical (unpaired) electrons. The fourth-order valence-electron chi connectivity index (χ4n) is 0.263. The maximum absolute atomic E-state index is 5.07. The number of hydrogen-bond acceptors (Lipinski definition) is 1. The van der Waals surface area contributed by atoms with Crippen molar-refractivity contribution in [1.29, 1.82) is 0 Å². The van der Waals surface area contributed by atoms with Crippen LogP contribution in [-0.2, 0) is 0 Å². The van der Waals surface area contributed by atoms with E-state index in [1.807, 2.05) is 20.8 Å². The zero-order valence-electron chi connectivity index (χ0n) is 6.10. The molecule has 48 valence electrons. The minimum absolute atomic E-state index is 0.858. The Bertz CT molecular complexity index is 175. The summed E-state index contributed by atoms with van der Waals surface area (Å²) in [6, 6.07) is 0. The number of allylic oxidation sites excluding steroid dienone is 1. The molecule has 0 aliphatic carbocycles. The van der Waals surface area contributed by atoms with E-state index in [0.717, 1.165) is 11.3 Å². The first-order chi connectivity index (χ1) is 4.16. The van der Waals surface area contributed by atoms with Gasteiger partial charge in [0, 0.05) is 17.5 Å². The lowest BCUT2D eigenvalue weighted by Crippen LogP contribution is -1.76. The van der Waals surface area contributed by atoms with Crippen molar-refractivity contribution in [3.05, 3.63) is 11.8 Å². The molecule has 1 nitrogen and oxygen atoms in total. The molecule has 0 amide bonds. The maximum Gasteiger partial charge on any atom is 0.0379 e. The number of terminal acetylenes is 1. The predicted molar refractivity (Wildman–Crippen MR) is 41.4 cm³/mol. The summed E-state index contributed by atoms with van der Waals surface area (Å²) in [4.78, 5) is 4.01. The Morgan fingerprint density at radius 2 is 2.00 bits per heavy atom. The maximum atomic E-state index is 5.07. The van der Waals surface area contributed by atoms with E-state index in [-0.39, 0.29) is 0 Å². The molecule has 1 heteroatoms. The highest BCUT2D eigenvalue weighted by atomic mass is 14.7. The zero-order chi connectivity index (χ0) is 7.28. The highest BCUT2D eigenvalue weighted by molar-refractivity contribution is 5.79. The molecule has 0 bridgehead atoms. The van der Waals surface area contributed by atoms with Gasteiger partial charge in [-0.15, -0.1) is 6.42 Å². The van der Waals surface area contributed by atoms with Gasteiger partial charge in [-0.1, -0.05) is 5.92 Å². The SMILES string of the molecule is C#C/C(C)=C\N=C(C)C. The van der Waals surface area contributed by atoms with E-state index in [4.69, 9.17) is 6.42 Å². The Hall–Kier alpha value is -1.03. The van der Waals surface area contributed by atoms with Crippen LogP contribution in [-0.4, -0.2) is 5.71 Å². The van der Waals surface area contributed by atoms with Gasteiger partial charge < -0.3 is 0 Å². The van der Waals surface area contributed by atoms with Gasteiger partial charge in [0.1, 0.15) is 0 Å². The minimum Gasteiger partial charge on any atom is -0.265 e. The summed E-state index contributed by atoms with van der Waals surface area (Å²) in [5, 5.41) is 0. The summed E-state index contributed by atoms with van der Waals surface area (Å²) < 4.78 is 0. The molecule has 0 N–H and O–H groups in total. The van der Waals surface area contributed by atoms with Crippen molar-refractivity contribution in [2.75, 3.05) is 0 Å². The third-order valence-electron chi connectivity index (χ3n) is 0.744. The lowest BCUT2D eigenvalue weighted by atomic mass is 10.3. The average molecular weight is 121 g/mol. The van der Waals surface area contributed by atoms with Gasteiger partial charge in [0.05, 0.1) is 0 Å². The predicted octanol–water partition coefficient (Wildman–Crippen LogP) is 2.00. The Kier molecular flexibility index (Phi) is 3.46. The first-order valence-corrected chi connectivity index (χ1v) is 2.81. The van der Waals surface area contributed by atoms with Gasteiger partial charge in [0.2, 0.25) is 0 Å². The van der Waals surface area contributed by atoms with Crippen molar-refractivity contribution >= 4 is 5.71 Å². The summed E-state index contributed by atoms with van der Waals surface area (Å²) in [5.41, 5.74) is 1.88. The summed E-state index contributed by atoms with van der Waals surface area (Å²) in [6.07, 6.45) is 6.76. The Balaban J connectivity index is 4.03. The van der Waals surface area contributed by atoms with Crippen molar-refractivity contribution in [2.45, 2.75) is 20.8 Å². The van der Waals surface area contributed by atoms with Crippen LogP contribution in [0.15, 0.2) is 16.8 Å². The number of rotatable bonds is 1. The van der Waals surface area contributed by atoms with E-state index in [9.17, 15) is 0 Å². The molecule has 0 fully saturated rings. The van der Waals surface area contributed by atoms with E-state index in [0.29, 0.717) is 0 Å². The molecule has 0 aliphatic heterocycles. The number of aliphatic imine (C=N–C) groups is 1. The van der Waals surface area contributed by atoms with E-state index < -0.39 is 0 Å². The molecular formula is C8H11N. The van der Waals surface area contributed by atoms with Crippen LogP contribution in [0.2, 0.25) is 0 Å². The fraction of sp³-hybridized carbons (Fsp3) is 0.375. The molecule has 0 rings (SSSR count). The molecular weight excluding hydrogens is 110 g/mol. The first-order valence-electron chi connectivity index (χ1n) is 2.81. The second-order valence-corrected chi connectivity index (χ2v) is 2.03. The van der Waals surface area contributed by atoms with Crippen LogP contribution in [0.25, 0.3) is 0 Å². The summed E-state index contributed by atoms with van der Waals surface area (Å²) in [7, 11) is 0. The third-order valence-corrected chi connectivity index (χ3v) is 0.744. The van der Waals surface area contributed by atoms with Crippen molar-refractivity contribution in [2.24, 2.45) is 4.99 Å². The number of nitrogens with zero attached hydrogens (tertiary/aromatic N) is 1.